The maximum Gasteiger partial charge on any atom is 0.148 e. The fraction of sp³-hybridized carbons (Fsp3) is 0.125. The monoisotopic (exact) mass is 364 g/mol. The van der Waals surface area contributed by atoms with Gasteiger partial charge in [0.1, 0.15) is 17.4 Å². The van der Waals surface area contributed by atoms with E-state index in [1.807, 2.05) is 49.4 Å². The van der Waals surface area contributed by atoms with Gasteiger partial charge in [0.25, 0.3) is 0 Å². The topological polar surface area (TPSA) is 51.2 Å². The second kappa shape index (κ2) is 5.81. The van der Waals surface area contributed by atoms with Gasteiger partial charge in [0, 0.05) is 10.4 Å². The van der Waals surface area contributed by atoms with Crippen LogP contribution in [0.2, 0.25) is 5.02 Å². The van der Waals surface area contributed by atoms with E-state index in [2.05, 4.69) is 21.4 Å². The highest BCUT2D eigenvalue weighted by molar-refractivity contribution is 9.10. The normalized spacial score (nSPS) is 12.8. The number of hydrogen-bond donors (Lipinski definition) is 2. The van der Waals surface area contributed by atoms with Crippen LogP contribution < -0.4 is 11.3 Å². The van der Waals surface area contributed by atoms with Crippen molar-refractivity contribution < 1.29 is 4.42 Å². The number of benzene rings is 2. The van der Waals surface area contributed by atoms with Crippen molar-refractivity contribution in [2.24, 2.45) is 5.84 Å². The van der Waals surface area contributed by atoms with Crippen LogP contribution in [0.15, 0.2) is 51.4 Å². The summed E-state index contributed by atoms with van der Waals surface area (Å²) in [6.07, 6.45) is 0. The van der Waals surface area contributed by atoms with Crippen molar-refractivity contribution in [1.29, 1.82) is 0 Å². The molecule has 0 saturated heterocycles. The van der Waals surface area contributed by atoms with Gasteiger partial charge >= 0.3 is 0 Å². The van der Waals surface area contributed by atoms with Crippen molar-refractivity contribution in [1.82, 2.24) is 5.43 Å². The Morgan fingerprint density at radius 2 is 2.05 bits per heavy atom. The number of para-hydroxylation sites is 1. The minimum atomic E-state index is -0.248. The maximum atomic E-state index is 6.20. The van der Waals surface area contributed by atoms with Gasteiger partial charge in [0.15, 0.2) is 0 Å². The van der Waals surface area contributed by atoms with E-state index in [4.69, 9.17) is 21.9 Å². The van der Waals surface area contributed by atoms with Gasteiger partial charge in [0.05, 0.1) is 4.47 Å². The van der Waals surface area contributed by atoms with E-state index in [-0.39, 0.29) is 6.04 Å². The highest BCUT2D eigenvalue weighted by atomic mass is 79.9. The lowest BCUT2D eigenvalue weighted by Gasteiger charge is -2.14. The molecule has 1 atom stereocenters. The SMILES string of the molecule is Cc1ccc(C(NN)c2cc3cccc(Br)c3o2)cc1Cl. The van der Waals surface area contributed by atoms with Crippen molar-refractivity contribution in [3.05, 3.63) is 68.8 Å². The van der Waals surface area contributed by atoms with Crippen molar-refractivity contribution >= 4 is 38.5 Å². The van der Waals surface area contributed by atoms with Gasteiger partial charge in [-0.3, -0.25) is 5.84 Å². The van der Waals surface area contributed by atoms with Crippen LogP contribution in [0.1, 0.15) is 22.9 Å². The molecule has 0 amide bonds. The Morgan fingerprint density at radius 3 is 2.71 bits per heavy atom. The first-order valence-electron chi connectivity index (χ1n) is 6.50. The van der Waals surface area contributed by atoms with E-state index < -0.39 is 0 Å². The molecule has 21 heavy (non-hydrogen) atoms. The largest absolute Gasteiger partial charge is 0.458 e. The number of rotatable bonds is 3. The van der Waals surface area contributed by atoms with Crippen molar-refractivity contribution in [3.8, 4) is 0 Å². The minimum absolute atomic E-state index is 0.248. The van der Waals surface area contributed by atoms with E-state index in [0.717, 1.165) is 32.3 Å². The summed E-state index contributed by atoms with van der Waals surface area (Å²) >= 11 is 9.69. The van der Waals surface area contributed by atoms with E-state index in [0.29, 0.717) is 5.02 Å². The molecule has 5 heteroatoms. The molecular formula is C16H14BrClN2O. The number of hydrazine groups is 1. The number of fused-ring (bicyclic) bond motifs is 1. The molecule has 0 fully saturated rings. The van der Waals surface area contributed by atoms with Crippen molar-refractivity contribution in [3.63, 3.8) is 0 Å². The molecule has 0 radical (unpaired) electrons. The quantitative estimate of drug-likeness (QED) is 0.522. The molecule has 2 aromatic carbocycles. The van der Waals surface area contributed by atoms with Gasteiger partial charge in [-0.05, 0) is 52.2 Å². The highest BCUT2D eigenvalue weighted by Crippen LogP contribution is 2.32. The van der Waals surface area contributed by atoms with Crippen molar-refractivity contribution in [2.75, 3.05) is 0 Å². The third-order valence-corrected chi connectivity index (χ3v) is 4.53. The first-order valence-corrected chi connectivity index (χ1v) is 7.67. The van der Waals surface area contributed by atoms with Gasteiger partial charge in [-0.2, -0.15) is 0 Å². The van der Waals surface area contributed by atoms with Crippen LogP contribution in [0.3, 0.4) is 0 Å². The average molecular weight is 366 g/mol. The molecule has 1 aromatic heterocycles. The summed E-state index contributed by atoms with van der Waals surface area (Å²) in [5, 5.41) is 1.74. The molecule has 3 rings (SSSR count). The van der Waals surface area contributed by atoms with Crippen LogP contribution in [-0.2, 0) is 0 Å². The summed E-state index contributed by atoms with van der Waals surface area (Å²) in [4.78, 5) is 0. The summed E-state index contributed by atoms with van der Waals surface area (Å²) < 4.78 is 6.86. The third kappa shape index (κ3) is 2.72. The summed E-state index contributed by atoms with van der Waals surface area (Å²) in [6, 6.07) is 13.5. The predicted octanol–water partition coefficient (Wildman–Crippen LogP) is 4.71. The second-order valence-electron chi connectivity index (χ2n) is 4.92. The highest BCUT2D eigenvalue weighted by Gasteiger charge is 2.18. The third-order valence-electron chi connectivity index (χ3n) is 3.50. The lowest BCUT2D eigenvalue weighted by Crippen LogP contribution is -2.28. The van der Waals surface area contributed by atoms with Crippen LogP contribution in [0.4, 0.5) is 0 Å². The molecule has 3 N–H and O–H groups in total. The number of halogens is 2. The molecule has 0 aliphatic rings. The number of aryl methyl sites for hydroxylation is 1. The fourth-order valence-corrected chi connectivity index (χ4v) is 2.97. The van der Waals surface area contributed by atoms with Crippen molar-refractivity contribution in [2.45, 2.75) is 13.0 Å². The molecule has 0 aliphatic carbocycles. The van der Waals surface area contributed by atoms with Gasteiger partial charge in [-0.15, -0.1) is 0 Å². The lowest BCUT2D eigenvalue weighted by molar-refractivity contribution is 0.476. The molecule has 3 aromatic rings. The van der Waals surface area contributed by atoms with E-state index in [9.17, 15) is 0 Å². The second-order valence-corrected chi connectivity index (χ2v) is 6.18. The van der Waals surface area contributed by atoms with Crippen LogP contribution >= 0.6 is 27.5 Å². The molecule has 0 spiro atoms. The smallest absolute Gasteiger partial charge is 0.148 e. The summed E-state index contributed by atoms with van der Waals surface area (Å²) in [5.74, 6) is 6.47. The average Bonchev–Trinajstić information content (AvgIpc) is 2.89. The minimum Gasteiger partial charge on any atom is -0.458 e. The lowest BCUT2D eigenvalue weighted by atomic mass is 10.0. The van der Waals surface area contributed by atoms with Crippen LogP contribution in [-0.4, -0.2) is 0 Å². The van der Waals surface area contributed by atoms with Gasteiger partial charge in [0.2, 0.25) is 0 Å². The predicted molar refractivity (Wildman–Crippen MR) is 89.3 cm³/mol. The number of furan rings is 1. The standard InChI is InChI=1S/C16H14BrClN2O/c1-9-5-6-10(7-13(9)18)15(20-19)14-8-11-3-2-4-12(17)16(11)21-14/h2-8,15,20H,19H2,1H3. The Kier molecular flexibility index (Phi) is 4.04. The van der Waals surface area contributed by atoms with Crippen LogP contribution in [0.5, 0.6) is 0 Å². The zero-order valence-corrected chi connectivity index (χ0v) is 13.7. The Morgan fingerprint density at radius 1 is 1.24 bits per heavy atom. The summed E-state index contributed by atoms with van der Waals surface area (Å²) in [5.41, 5.74) is 5.60. The van der Waals surface area contributed by atoms with Gasteiger partial charge < -0.3 is 4.42 Å². The molecule has 0 saturated carbocycles. The zero-order valence-electron chi connectivity index (χ0n) is 11.4. The first-order chi connectivity index (χ1) is 10.1. The molecule has 1 unspecified atom stereocenters. The Hall–Kier alpha value is -1.33. The Labute approximate surface area is 136 Å². The van der Waals surface area contributed by atoms with Crippen LogP contribution in [0, 0.1) is 6.92 Å². The number of nitrogens with two attached hydrogens (primary N) is 1. The molecule has 3 nitrogen and oxygen atoms in total. The Balaban J connectivity index is 2.09. The molecule has 108 valence electrons. The maximum absolute atomic E-state index is 6.20. The summed E-state index contributed by atoms with van der Waals surface area (Å²) in [6.45, 7) is 1.97. The number of hydrogen-bond acceptors (Lipinski definition) is 3. The van der Waals surface area contributed by atoms with Gasteiger partial charge in [-0.1, -0.05) is 35.9 Å². The molecule has 0 bridgehead atoms. The first kappa shape index (κ1) is 14.6. The van der Waals surface area contributed by atoms with Crippen LogP contribution in [0.25, 0.3) is 11.0 Å². The fourth-order valence-electron chi connectivity index (χ4n) is 2.32. The molecule has 1 heterocycles. The molecule has 0 aliphatic heterocycles. The van der Waals surface area contributed by atoms with Gasteiger partial charge in [-0.25, -0.2) is 5.43 Å². The summed E-state index contributed by atoms with van der Waals surface area (Å²) in [7, 11) is 0. The molecular weight excluding hydrogens is 352 g/mol. The van der Waals surface area contributed by atoms with E-state index in [1.165, 1.54) is 0 Å². The Bertz CT molecular complexity index is 800. The van der Waals surface area contributed by atoms with E-state index >= 15 is 0 Å². The zero-order chi connectivity index (χ0) is 15.0. The number of nitrogens with one attached hydrogen (secondary N) is 1. The van der Waals surface area contributed by atoms with E-state index in [1.54, 1.807) is 0 Å².